The molecular weight excluding hydrogens is 436 g/mol. The van der Waals surface area contributed by atoms with Crippen molar-refractivity contribution in [2.45, 2.75) is 85.7 Å². The van der Waals surface area contributed by atoms with Gasteiger partial charge in [0.15, 0.2) is 0 Å². The molecule has 0 unspecified atom stereocenters. The minimum atomic E-state index is -0.476. The summed E-state index contributed by atoms with van der Waals surface area (Å²) in [4.78, 5) is 39.2. The van der Waals surface area contributed by atoms with Crippen molar-refractivity contribution < 1.29 is 24.1 Å². The van der Waals surface area contributed by atoms with Crippen LogP contribution in [0.2, 0.25) is 0 Å². The van der Waals surface area contributed by atoms with E-state index in [1.54, 1.807) is 0 Å². The molecule has 0 radical (unpaired) electrons. The molecule has 3 saturated carbocycles. The zero-order valence-electron chi connectivity index (χ0n) is 21.0. The number of esters is 1. The minimum Gasteiger partial charge on any atom is -0.462 e. The van der Waals surface area contributed by atoms with Crippen molar-refractivity contribution in [1.29, 1.82) is 0 Å². The highest BCUT2D eigenvalue weighted by Gasteiger charge is 2.62. The van der Waals surface area contributed by atoms with Crippen LogP contribution in [0.1, 0.15) is 79.6 Å². The number of fused-ring (bicyclic) bond motifs is 5. The molecule has 0 N–H and O–H groups in total. The van der Waals surface area contributed by atoms with Crippen molar-refractivity contribution in [1.82, 2.24) is 0 Å². The second kappa shape index (κ2) is 9.08. The topological polar surface area (TPSA) is 108 Å². The number of oxime groups is 1. The Hall–Kier alpha value is -2.25. The van der Waals surface area contributed by atoms with Crippen LogP contribution in [0.5, 0.6) is 0 Å². The summed E-state index contributed by atoms with van der Waals surface area (Å²) in [6.07, 6.45) is 8.93. The zero-order valence-corrected chi connectivity index (χ0v) is 21.0. The lowest BCUT2D eigenvalue weighted by Gasteiger charge is -2.58. The Morgan fingerprint density at radius 2 is 1.88 bits per heavy atom. The molecule has 0 bridgehead atoms. The molecule has 8 atom stereocenters. The van der Waals surface area contributed by atoms with Crippen LogP contribution in [0.4, 0.5) is 0 Å². The predicted molar refractivity (Wildman–Crippen MR) is 126 cm³/mol. The molecule has 4 rings (SSSR count). The van der Waals surface area contributed by atoms with Crippen LogP contribution < -0.4 is 0 Å². The van der Waals surface area contributed by atoms with Gasteiger partial charge in [0.25, 0.3) is 0 Å². The van der Waals surface area contributed by atoms with Crippen molar-refractivity contribution in [2.75, 3.05) is 6.54 Å². The smallest absolute Gasteiger partial charge is 0.331 e. The lowest BCUT2D eigenvalue weighted by Crippen LogP contribution is -2.51. The molecule has 0 aliphatic heterocycles. The molecule has 8 nitrogen and oxygen atoms in total. The van der Waals surface area contributed by atoms with Crippen molar-refractivity contribution in [3.05, 3.63) is 21.8 Å². The normalized spacial score (nSPS) is 41.4. The second-order valence-electron chi connectivity index (χ2n) is 11.6. The van der Waals surface area contributed by atoms with Gasteiger partial charge in [0.1, 0.15) is 6.10 Å². The summed E-state index contributed by atoms with van der Waals surface area (Å²) in [5.41, 5.74) is 2.12. The van der Waals surface area contributed by atoms with E-state index in [9.17, 15) is 19.7 Å². The maximum atomic E-state index is 11.6. The van der Waals surface area contributed by atoms with Crippen LogP contribution in [-0.2, 0) is 19.2 Å². The van der Waals surface area contributed by atoms with Gasteiger partial charge < -0.3 is 9.57 Å². The van der Waals surface area contributed by atoms with E-state index in [2.05, 4.69) is 25.1 Å². The maximum absolute atomic E-state index is 11.6. The minimum absolute atomic E-state index is 0.0253. The molecule has 0 heterocycles. The molecule has 0 aromatic heterocycles. The number of rotatable bonds is 5. The monoisotopic (exact) mass is 474 g/mol. The largest absolute Gasteiger partial charge is 0.462 e. The van der Waals surface area contributed by atoms with Gasteiger partial charge in [-0.05, 0) is 74.0 Å². The lowest BCUT2D eigenvalue weighted by molar-refractivity contribution is -0.489. The number of nitrogens with zero attached hydrogens (tertiary/aromatic N) is 2. The lowest BCUT2D eigenvalue weighted by atomic mass is 9.47. The van der Waals surface area contributed by atoms with E-state index >= 15 is 0 Å². The molecule has 4 aliphatic carbocycles. The second-order valence-corrected chi connectivity index (χ2v) is 11.6. The fourth-order valence-electron chi connectivity index (χ4n) is 8.52. The summed E-state index contributed by atoms with van der Waals surface area (Å²) in [7, 11) is 0. The summed E-state index contributed by atoms with van der Waals surface area (Å²) < 4.78 is 5.55. The molecule has 3 fully saturated rings. The standard InChI is InChI=1S/C26H38N2O6/c1-15(27-34-17(3)30)24-18(14-28(31)32)12-23-21-7-6-19-13-20(33-16(2)29)8-10-25(19,4)22(21)9-11-26(23,24)5/h6,18,20-24H,7-14H2,1-5H3/b27-15+/t18-,20-,21-,22-,23-,24-,25-,26-/m0/s1. The average Bonchev–Trinajstić information content (AvgIpc) is 3.03. The molecule has 4 aliphatic rings. The number of carbonyl (C=O) groups excluding carboxylic acids is 2. The van der Waals surface area contributed by atoms with Crippen LogP contribution in [0.25, 0.3) is 0 Å². The molecule has 0 saturated heterocycles. The Balaban J connectivity index is 1.63. The van der Waals surface area contributed by atoms with Gasteiger partial charge in [-0.25, -0.2) is 4.79 Å². The van der Waals surface area contributed by atoms with Crippen molar-refractivity contribution >= 4 is 17.7 Å². The molecular formula is C26H38N2O6. The van der Waals surface area contributed by atoms with Crippen molar-refractivity contribution in [2.24, 2.45) is 45.6 Å². The first-order chi connectivity index (χ1) is 16.0. The number of ether oxygens (including phenoxy) is 1. The Labute approximate surface area is 201 Å². The van der Waals surface area contributed by atoms with Gasteiger partial charge in [0.2, 0.25) is 6.54 Å². The highest BCUT2D eigenvalue weighted by Crippen LogP contribution is 2.67. The van der Waals surface area contributed by atoms with E-state index in [0.717, 1.165) is 44.9 Å². The fraction of sp³-hybridized carbons (Fsp3) is 0.808. The van der Waals surface area contributed by atoms with Crippen LogP contribution >= 0.6 is 0 Å². The van der Waals surface area contributed by atoms with Crippen molar-refractivity contribution in [3.8, 4) is 0 Å². The quantitative estimate of drug-likeness (QED) is 0.139. The van der Waals surface area contributed by atoms with Gasteiger partial charge in [-0.2, -0.15) is 0 Å². The third-order valence-electron chi connectivity index (χ3n) is 9.72. The van der Waals surface area contributed by atoms with Crippen LogP contribution in [-0.4, -0.2) is 35.2 Å². The number of nitro groups is 1. The highest BCUT2D eigenvalue weighted by molar-refractivity contribution is 5.86. The summed E-state index contributed by atoms with van der Waals surface area (Å²) in [6.45, 7) is 9.24. The van der Waals surface area contributed by atoms with Gasteiger partial charge in [0, 0.05) is 37.0 Å². The van der Waals surface area contributed by atoms with Gasteiger partial charge >= 0.3 is 11.9 Å². The molecule has 0 amide bonds. The van der Waals surface area contributed by atoms with Crippen molar-refractivity contribution in [3.63, 3.8) is 0 Å². The molecule has 0 aromatic carbocycles. The summed E-state index contributed by atoms with van der Waals surface area (Å²) in [6, 6.07) is 0. The first-order valence-electron chi connectivity index (χ1n) is 12.7. The van der Waals surface area contributed by atoms with E-state index < -0.39 is 5.97 Å². The number of carbonyl (C=O) groups is 2. The van der Waals surface area contributed by atoms with Crippen LogP contribution in [0.3, 0.4) is 0 Å². The third kappa shape index (κ3) is 4.29. The van der Waals surface area contributed by atoms with E-state index in [4.69, 9.17) is 9.57 Å². The Morgan fingerprint density at radius 3 is 2.53 bits per heavy atom. The molecule has 188 valence electrons. The predicted octanol–water partition coefficient (Wildman–Crippen LogP) is 4.94. The van der Waals surface area contributed by atoms with Crippen LogP contribution in [0, 0.1) is 50.5 Å². The first-order valence-corrected chi connectivity index (χ1v) is 12.7. The van der Waals surface area contributed by atoms with Gasteiger partial charge in [-0.1, -0.05) is 30.7 Å². The number of hydrogen-bond donors (Lipinski definition) is 0. The summed E-state index contributed by atoms with van der Waals surface area (Å²) >= 11 is 0. The molecule has 8 heteroatoms. The summed E-state index contributed by atoms with van der Waals surface area (Å²) in [5.74, 6) is 0.501. The highest BCUT2D eigenvalue weighted by atomic mass is 16.7. The number of allylic oxidation sites excluding steroid dienone is 1. The first kappa shape index (κ1) is 24.9. The Bertz CT molecular complexity index is 928. The maximum Gasteiger partial charge on any atom is 0.331 e. The molecule has 34 heavy (non-hydrogen) atoms. The molecule has 0 aromatic rings. The molecule has 0 spiro atoms. The Kier molecular flexibility index (Phi) is 6.64. The number of hydrogen-bond acceptors (Lipinski definition) is 7. The third-order valence-corrected chi connectivity index (χ3v) is 9.72. The zero-order chi connectivity index (χ0) is 24.8. The SMILES string of the molecule is CC(=O)O/N=C(\C)[C@H]1[C@H](C[N+](=O)[O-])C[C@H]2[C@H]3CC=C4C[C@@H](OC(C)=O)CC[C@]4(C)[C@H]3CC[C@@]21C. The van der Waals surface area contributed by atoms with Gasteiger partial charge in [-0.15, -0.1) is 0 Å². The van der Waals surface area contributed by atoms with E-state index in [1.807, 2.05) is 6.92 Å². The fourth-order valence-corrected chi connectivity index (χ4v) is 8.52. The van der Waals surface area contributed by atoms with Crippen LogP contribution in [0.15, 0.2) is 16.8 Å². The van der Waals surface area contributed by atoms with E-state index in [0.29, 0.717) is 23.5 Å². The van der Waals surface area contributed by atoms with E-state index in [-0.39, 0.29) is 46.2 Å². The average molecular weight is 475 g/mol. The Morgan fingerprint density at radius 1 is 1.15 bits per heavy atom. The van der Waals surface area contributed by atoms with E-state index in [1.165, 1.54) is 19.4 Å². The van der Waals surface area contributed by atoms with Gasteiger partial charge in [0.05, 0.1) is 5.71 Å². The van der Waals surface area contributed by atoms with Gasteiger partial charge in [-0.3, -0.25) is 14.9 Å². The summed E-state index contributed by atoms with van der Waals surface area (Å²) in [5, 5.41) is 15.7.